The van der Waals surface area contributed by atoms with Crippen LogP contribution in [-0.4, -0.2) is 82.1 Å². The van der Waals surface area contributed by atoms with Crippen molar-refractivity contribution in [3.63, 3.8) is 0 Å². The molecule has 0 saturated carbocycles. The van der Waals surface area contributed by atoms with Crippen molar-refractivity contribution in [3.05, 3.63) is 0 Å². The molecular formula is C20H37N5O7S. The van der Waals surface area contributed by atoms with E-state index >= 15 is 0 Å². The molecule has 12 nitrogen and oxygen atoms in total. The first-order valence-corrected chi connectivity index (χ1v) is 12.0. The third-order valence-electron chi connectivity index (χ3n) is 4.67. The third-order valence-corrected chi connectivity index (χ3v) is 5.31. The maximum absolute atomic E-state index is 12.9. The van der Waals surface area contributed by atoms with Gasteiger partial charge in [-0.2, -0.15) is 11.8 Å². The first kappa shape index (κ1) is 30.6. The van der Waals surface area contributed by atoms with Gasteiger partial charge >= 0.3 is 5.97 Å². The summed E-state index contributed by atoms with van der Waals surface area (Å²) in [7, 11) is 0. The molecule has 0 heterocycles. The summed E-state index contributed by atoms with van der Waals surface area (Å²) in [6.07, 6.45) is 0.866. The SMILES string of the molecule is CSCCC(NC(=O)C(N)CCC(N)=O)C(=O)NC(CC(C)C)C(=O)NC(C(=O)O)C(C)O. The van der Waals surface area contributed by atoms with Gasteiger partial charge in [0.25, 0.3) is 0 Å². The number of carbonyl (C=O) groups is 5. The minimum absolute atomic E-state index is 0.0202. The summed E-state index contributed by atoms with van der Waals surface area (Å²) < 4.78 is 0. The zero-order chi connectivity index (χ0) is 25.7. The predicted molar refractivity (Wildman–Crippen MR) is 124 cm³/mol. The molecule has 0 aromatic rings. The molecule has 0 aromatic heterocycles. The summed E-state index contributed by atoms with van der Waals surface area (Å²) in [6, 6.07) is -4.67. The number of nitrogens with two attached hydrogens (primary N) is 2. The van der Waals surface area contributed by atoms with Gasteiger partial charge in [0.05, 0.1) is 12.1 Å². The summed E-state index contributed by atoms with van der Waals surface area (Å²) >= 11 is 1.45. The number of carboxylic acids is 1. The fourth-order valence-corrected chi connectivity index (χ4v) is 3.30. The Labute approximate surface area is 198 Å². The molecule has 0 fully saturated rings. The molecule has 4 amide bonds. The summed E-state index contributed by atoms with van der Waals surface area (Å²) in [4.78, 5) is 60.2. The van der Waals surface area contributed by atoms with Crippen molar-refractivity contribution in [2.45, 2.75) is 76.7 Å². The maximum Gasteiger partial charge on any atom is 0.328 e. The Morgan fingerprint density at radius 2 is 1.45 bits per heavy atom. The van der Waals surface area contributed by atoms with Crippen LogP contribution in [0.2, 0.25) is 0 Å². The molecule has 0 spiro atoms. The number of amides is 4. The molecule has 0 aliphatic rings. The second kappa shape index (κ2) is 15.5. The molecule has 5 unspecified atom stereocenters. The van der Waals surface area contributed by atoms with E-state index < -0.39 is 59.9 Å². The van der Waals surface area contributed by atoms with E-state index in [4.69, 9.17) is 11.5 Å². The number of thioether (sulfide) groups is 1. The number of hydrogen-bond acceptors (Lipinski definition) is 8. The summed E-state index contributed by atoms with van der Waals surface area (Å²) in [6.45, 7) is 4.87. The lowest BCUT2D eigenvalue weighted by molar-refractivity contribution is -0.145. The van der Waals surface area contributed by atoms with Crippen LogP contribution >= 0.6 is 11.8 Å². The number of primary amides is 1. The molecule has 0 saturated heterocycles. The van der Waals surface area contributed by atoms with E-state index in [9.17, 15) is 34.2 Å². The van der Waals surface area contributed by atoms with Crippen LogP contribution in [0.25, 0.3) is 0 Å². The van der Waals surface area contributed by atoms with Crippen molar-refractivity contribution < 1.29 is 34.2 Å². The lowest BCUT2D eigenvalue weighted by atomic mass is 10.0. The van der Waals surface area contributed by atoms with Crippen molar-refractivity contribution in [2.24, 2.45) is 17.4 Å². The van der Waals surface area contributed by atoms with E-state index in [1.165, 1.54) is 18.7 Å². The van der Waals surface area contributed by atoms with Crippen molar-refractivity contribution in [2.75, 3.05) is 12.0 Å². The molecule has 0 aliphatic carbocycles. The normalized spacial score (nSPS) is 15.6. The number of nitrogens with one attached hydrogen (secondary N) is 3. The fraction of sp³-hybridized carbons (Fsp3) is 0.750. The maximum atomic E-state index is 12.9. The first-order chi connectivity index (χ1) is 15.3. The van der Waals surface area contributed by atoms with Crippen LogP contribution in [0.1, 0.15) is 46.5 Å². The Kier molecular flexibility index (Phi) is 14.3. The zero-order valence-electron chi connectivity index (χ0n) is 19.5. The summed E-state index contributed by atoms with van der Waals surface area (Å²) in [5.74, 6) is -3.56. The van der Waals surface area contributed by atoms with Crippen LogP contribution < -0.4 is 27.4 Å². The average molecular weight is 492 g/mol. The molecule has 0 radical (unpaired) electrons. The highest BCUT2D eigenvalue weighted by atomic mass is 32.2. The molecular weight excluding hydrogens is 454 g/mol. The van der Waals surface area contributed by atoms with Gasteiger partial charge in [-0.25, -0.2) is 4.79 Å². The molecule has 33 heavy (non-hydrogen) atoms. The Bertz CT molecular complexity index is 690. The van der Waals surface area contributed by atoms with Gasteiger partial charge in [0, 0.05) is 6.42 Å². The molecule has 0 rings (SSSR count). The highest BCUT2D eigenvalue weighted by Gasteiger charge is 2.32. The minimum atomic E-state index is -1.54. The molecule has 5 atom stereocenters. The number of aliphatic carboxylic acids is 1. The van der Waals surface area contributed by atoms with Crippen LogP contribution in [0.3, 0.4) is 0 Å². The summed E-state index contributed by atoms with van der Waals surface area (Å²) in [5.41, 5.74) is 10.8. The van der Waals surface area contributed by atoms with Crippen molar-refractivity contribution in [1.82, 2.24) is 16.0 Å². The topological polar surface area (TPSA) is 214 Å². The van der Waals surface area contributed by atoms with Gasteiger partial charge in [0.15, 0.2) is 6.04 Å². The van der Waals surface area contributed by atoms with Gasteiger partial charge in [-0.15, -0.1) is 0 Å². The predicted octanol–water partition coefficient (Wildman–Crippen LogP) is -1.70. The number of hydrogen-bond donors (Lipinski definition) is 7. The second-order valence-corrected chi connectivity index (χ2v) is 9.20. The van der Waals surface area contributed by atoms with Gasteiger partial charge in [-0.05, 0) is 44.1 Å². The third kappa shape index (κ3) is 12.4. The number of carboxylic acid groups (broad SMARTS) is 1. The van der Waals surface area contributed by atoms with Gasteiger partial charge in [0.2, 0.25) is 23.6 Å². The zero-order valence-corrected chi connectivity index (χ0v) is 20.3. The highest BCUT2D eigenvalue weighted by molar-refractivity contribution is 7.98. The minimum Gasteiger partial charge on any atom is -0.480 e. The highest BCUT2D eigenvalue weighted by Crippen LogP contribution is 2.09. The van der Waals surface area contributed by atoms with Gasteiger partial charge in [0.1, 0.15) is 12.1 Å². The second-order valence-electron chi connectivity index (χ2n) is 8.21. The largest absolute Gasteiger partial charge is 0.480 e. The molecule has 9 N–H and O–H groups in total. The van der Waals surface area contributed by atoms with E-state index in [1.807, 2.05) is 20.1 Å². The first-order valence-electron chi connectivity index (χ1n) is 10.6. The number of aliphatic hydroxyl groups is 1. The van der Waals surface area contributed by atoms with E-state index in [1.54, 1.807) is 0 Å². The van der Waals surface area contributed by atoms with Crippen molar-refractivity contribution >= 4 is 41.4 Å². The van der Waals surface area contributed by atoms with Gasteiger partial charge in [-0.3, -0.25) is 19.2 Å². The van der Waals surface area contributed by atoms with Gasteiger partial charge < -0.3 is 37.6 Å². The molecule has 0 aromatic carbocycles. The molecule has 0 aliphatic heterocycles. The van der Waals surface area contributed by atoms with Crippen LogP contribution in [0, 0.1) is 5.92 Å². The Morgan fingerprint density at radius 1 is 0.909 bits per heavy atom. The number of aliphatic hydroxyl groups excluding tert-OH is 1. The van der Waals surface area contributed by atoms with Crippen LogP contribution in [0.4, 0.5) is 0 Å². The number of carbonyl (C=O) groups excluding carboxylic acids is 4. The number of rotatable bonds is 16. The standard InChI is InChI=1S/C20H37N5O7S/c1-10(2)9-14(19(30)25-16(11(3)26)20(31)32)24-18(29)13(7-8-33-4)23-17(28)12(21)5-6-15(22)27/h10-14,16,26H,5-9,21H2,1-4H3,(H2,22,27)(H,23,28)(H,24,29)(H,25,30)(H,31,32). The van der Waals surface area contributed by atoms with Crippen LogP contribution in [0.5, 0.6) is 0 Å². The molecule has 190 valence electrons. The van der Waals surface area contributed by atoms with Gasteiger partial charge in [-0.1, -0.05) is 13.8 Å². The Balaban J connectivity index is 5.42. The smallest absolute Gasteiger partial charge is 0.328 e. The lowest BCUT2D eigenvalue weighted by Crippen LogP contribution is -2.58. The lowest BCUT2D eigenvalue weighted by Gasteiger charge is -2.26. The summed E-state index contributed by atoms with van der Waals surface area (Å²) in [5, 5.41) is 26.2. The fourth-order valence-electron chi connectivity index (χ4n) is 2.83. The van der Waals surface area contributed by atoms with Crippen LogP contribution in [0.15, 0.2) is 0 Å². The van der Waals surface area contributed by atoms with Crippen molar-refractivity contribution in [3.8, 4) is 0 Å². The van der Waals surface area contributed by atoms with E-state index in [-0.39, 0.29) is 31.6 Å². The Morgan fingerprint density at radius 3 is 1.91 bits per heavy atom. The monoisotopic (exact) mass is 491 g/mol. The average Bonchev–Trinajstić information content (AvgIpc) is 2.71. The van der Waals surface area contributed by atoms with E-state index in [2.05, 4.69) is 16.0 Å². The molecule has 13 heteroatoms. The quantitative estimate of drug-likeness (QED) is 0.131. The van der Waals surface area contributed by atoms with E-state index in [0.717, 1.165) is 0 Å². The Hall–Kier alpha value is -2.38. The molecule has 0 bridgehead atoms. The van der Waals surface area contributed by atoms with Crippen LogP contribution in [-0.2, 0) is 24.0 Å². The van der Waals surface area contributed by atoms with Crippen molar-refractivity contribution in [1.29, 1.82) is 0 Å². The van der Waals surface area contributed by atoms with E-state index in [0.29, 0.717) is 5.75 Å².